The van der Waals surface area contributed by atoms with Crippen LogP contribution in [0, 0.1) is 0 Å². The van der Waals surface area contributed by atoms with Crippen LogP contribution in [0.15, 0.2) is 30.3 Å². The third kappa shape index (κ3) is 26.7. The Morgan fingerprint density at radius 1 is 0.400 bits per heavy atom. The van der Waals surface area contributed by atoms with Gasteiger partial charge in [-0.05, 0) is 23.7 Å². The Kier molecular flexibility index (Phi) is 27.2. The Morgan fingerprint density at radius 3 is 0.956 bits per heavy atom. The maximum atomic E-state index is 6.08. The number of benzene rings is 1. The third-order valence-corrected chi connectivity index (χ3v) is 11.5. The highest BCUT2D eigenvalue weighted by molar-refractivity contribution is 6.74. The lowest BCUT2D eigenvalue weighted by molar-refractivity contribution is -0.0270. The van der Waals surface area contributed by atoms with Gasteiger partial charge in [0.15, 0.2) is 8.32 Å². The molecule has 1 aromatic rings. The summed E-state index contributed by atoms with van der Waals surface area (Å²) in [7, 11) is -1.69. The summed E-state index contributed by atoms with van der Waals surface area (Å²) in [4.78, 5) is 0. The van der Waals surface area contributed by atoms with E-state index in [2.05, 4.69) is 33.9 Å². The summed E-state index contributed by atoms with van der Waals surface area (Å²) in [6.45, 7) is 22.6. The molecule has 0 saturated heterocycles. The van der Waals surface area contributed by atoms with Crippen LogP contribution in [-0.4, -0.2) is 140 Å². The first-order valence-corrected chi connectivity index (χ1v) is 19.2. The molecule has 1 aromatic carbocycles. The van der Waals surface area contributed by atoms with Crippen LogP contribution in [-0.2, 0) is 58.4 Å². The molecule has 0 fully saturated rings. The molecule has 0 spiro atoms. The fourth-order valence-corrected chi connectivity index (χ4v) is 4.34. The normalized spacial score (nSPS) is 12.3. The lowest BCUT2D eigenvalue weighted by Gasteiger charge is -2.36. The second-order valence-corrected chi connectivity index (χ2v) is 16.5. The molecular formula is C33H62O11Si. The zero-order chi connectivity index (χ0) is 32.7. The minimum absolute atomic E-state index is 0.219. The summed E-state index contributed by atoms with van der Waals surface area (Å²) in [5.41, 5.74) is 1.16. The van der Waals surface area contributed by atoms with Gasteiger partial charge in [0.2, 0.25) is 0 Å². The molecule has 0 heterocycles. The SMILES string of the molecule is CC(C)(C)[Si](C)(C)OCCOCCOCCOCCOCCOCCOCCOCCOCCOCCOCc1ccccc1. The average Bonchev–Trinajstić information content (AvgIpc) is 3.01. The lowest BCUT2D eigenvalue weighted by Crippen LogP contribution is -2.41. The number of ether oxygens (including phenoxy) is 10. The molecule has 11 nitrogen and oxygen atoms in total. The molecule has 0 aliphatic rings. The van der Waals surface area contributed by atoms with Crippen LogP contribution < -0.4 is 0 Å². The number of rotatable bonds is 33. The molecule has 0 radical (unpaired) electrons. The first-order chi connectivity index (χ1) is 21.8. The summed E-state index contributed by atoms with van der Waals surface area (Å²) in [5, 5.41) is 0.219. The van der Waals surface area contributed by atoms with E-state index in [1.807, 2.05) is 30.3 Å². The Hall–Kier alpha value is -1.00. The standard InChI is InChI=1S/C33H62O11Si/c1-33(2,3)45(4,5)44-30-29-42-26-25-40-22-21-38-18-17-36-14-13-34-11-12-35-15-16-37-19-20-39-23-24-41-27-28-43-31-32-9-7-6-8-10-32/h6-10H,11-31H2,1-5H3. The van der Waals surface area contributed by atoms with Gasteiger partial charge in [-0.1, -0.05) is 51.1 Å². The Balaban J connectivity index is 1.65. The van der Waals surface area contributed by atoms with E-state index in [0.717, 1.165) is 5.56 Å². The van der Waals surface area contributed by atoms with Crippen molar-refractivity contribution < 1.29 is 51.8 Å². The van der Waals surface area contributed by atoms with Gasteiger partial charge in [-0.2, -0.15) is 0 Å². The third-order valence-electron chi connectivity index (χ3n) is 6.96. The maximum absolute atomic E-state index is 6.08. The van der Waals surface area contributed by atoms with Gasteiger partial charge in [-0.3, -0.25) is 0 Å². The second kappa shape index (κ2) is 29.2. The van der Waals surface area contributed by atoms with E-state index in [4.69, 9.17) is 51.8 Å². The van der Waals surface area contributed by atoms with E-state index in [0.29, 0.717) is 139 Å². The van der Waals surface area contributed by atoms with Crippen LogP contribution >= 0.6 is 0 Å². The smallest absolute Gasteiger partial charge is 0.192 e. The predicted octanol–water partition coefficient (Wildman–Crippen LogP) is 4.37. The van der Waals surface area contributed by atoms with E-state index in [1.165, 1.54) is 0 Å². The molecule has 12 heteroatoms. The van der Waals surface area contributed by atoms with E-state index >= 15 is 0 Å². The van der Waals surface area contributed by atoms with Gasteiger partial charge in [0.1, 0.15) is 0 Å². The van der Waals surface area contributed by atoms with Crippen molar-refractivity contribution in [3.63, 3.8) is 0 Å². The van der Waals surface area contributed by atoms with Crippen LogP contribution in [0.25, 0.3) is 0 Å². The van der Waals surface area contributed by atoms with Crippen LogP contribution in [0.1, 0.15) is 26.3 Å². The molecule has 0 atom stereocenters. The highest BCUT2D eigenvalue weighted by Gasteiger charge is 2.36. The summed E-state index contributed by atoms with van der Waals surface area (Å²) in [6.07, 6.45) is 0. The van der Waals surface area contributed by atoms with Crippen LogP contribution in [0.5, 0.6) is 0 Å². The molecule has 0 unspecified atom stereocenters. The average molecular weight is 663 g/mol. The van der Waals surface area contributed by atoms with E-state index < -0.39 is 8.32 Å². The summed E-state index contributed by atoms with van der Waals surface area (Å²) in [6, 6.07) is 10.1. The lowest BCUT2D eigenvalue weighted by atomic mass is 10.2. The Labute approximate surface area is 273 Å². The van der Waals surface area contributed by atoms with Crippen molar-refractivity contribution in [2.75, 3.05) is 132 Å². The van der Waals surface area contributed by atoms with Crippen molar-refractivity contribution in [1.82, 2.24) is 0 Å². The largest absolute Gasteiger partial charge is 0.414 e. The molecular weight excluding hydrogens is 600 g/mol. The van der Waals surface area contributed by atoms with Crippen molar-refractivity contribution in [3.8, 4) is 0 Å². The first-order valence-electron chi connectivity index (χ1n) is 16.3. The van der Waals surface area contributed by atoms with Crippen molar-refractivity contribution in [2.45, 2.75) is 45.5 Å². The van der Waals surface area contributed by atoms with Gasteiger partial charge in [0, 0.05) is 0 Å². The van der Waals surface area contributed by atoms with E-state index in [9.17, 15) is 0 Å². The van der Waals surface area contributed by atoms with Gasteiger partial charge in [0.05, 0.1) is 139 Å². The van der Waals surface area contributed by atoms with E-state index in [1.54, 1.807) is 0 Å². The highest BCUT2D eigenvalue weighted by Crippen LogP contribution is 2.36. The molecule has 0 aromatic heterocycles. The number of hydrogen-bond donors (Lipinski definition) is 0. The summed E-state index contributed by atoms with van der Waals surface area (Å²) in [5.74, 6) is 0. The topological polar surface area (TPSA) is 102 Å². The summed E-state index contributed by atoms with van der Waals surface area (Å²) < 4.78 is 61.2. The molecule has 0 N–H and O–H groups in total. The first kappa shape index (κ1) is 42.0. The van der Waals surface area contributed by atoms with Gasteiger partial charge in [0.25, 0.3) is 0 Å². The zero-order valence-electron chi connectivity index (χ0n) is 28.7. The van der Waals surface area contributed by atoms with Gasteiger partial charge in [-0.15, -0.1) is 0 Å². The number of hydrogen-bond acceptors (Lipinski definition) is 11. The fourth-order valence-electron chi connectivity index (χ4n) is 3.32. The fraction of sp³-hybridized carbons (Fsp3) is 0.818. The minimum Gasteiger partial charge on any atom is -0.414 e. The highest BCUT2D eigenvalue weighted by atomic mass is 28.4. The molecule has 0 aliphatic carbocycles. The van der Waals surface area contributed by atoms with Crippen molar-refractivity contribution in [2.24, 2.45) is 0 Å². The quantitative estimate of drug-likeness (QED) is 0.0792. The van der Waals surface area contributed by atoms with Gasteiger partial charge >= 0.3 is 0 Å². The van der Waals surface area contributed by atoms with Crippen LogP contribution in [0.3, 0.4) is 0 Å². The molecule has 0 bridgehead atoms. The van der Waals surface area contributed by atoms with Crippen molar-refractivity contribution in [3.05, 3.63) is 35.9 Å². The molecule has 0 saturated carbocycles. The van der Waals surface area contributed by atoms with Gasteiger partial charge in [-0.25, -0.2) is 0 Å². The second-order valence-electron chi connectivity index (χ2n) is 11.7. The molecule has 264 valence electrons. The van der Waals surface area contributed by atoms with Gasteiger partial charge < -0.3 is 51.8 Å². The van der Waals surface area contributed by atoms with Crippen molar-refractivity contribution >= 4 is 8.32 Å². The van der Waals surface area contributed by atoms with Crippen LogP contribution in [0.4, 0.5) is 0 Å². The van der Waals surface area contributed by atoms with Crippen molar-refractivity contribution in [1.29, 1.82) is 0 Å². The minimum atomic E-state index is -1.69. The molecule has 0 aliphatic heterocycles. The Morgan fingerprint density at radius 2 is 0.667 bits per heavy atom. The molecule has 1 rings (SSSR count). The monoisotopic (exact) mass is 662 g/mol. The summed E-state index contributed by atoms with van der Waals surface area (Å²) >= 11 is 0. The predicted molar refractivity (Wildman–Crippen MR) is 177 cm³/mol. The maximum Gasteiger partial charge on any atom is 0.192 e. The van der Waals surface area contributed by atoms with Crippen LogP contribution in [0.2, 0.25) is 18.1 Å². The Bertz CT molecular complexity index is 750. The van der Waals surface area contributed by atoms with E-state index in [-0.39, 0.29) is 5.04 Å². The zero-order valence-corrected chi connectivity index (χ0v) is 29.7. The molecule has 45 heavy (non-hydrogen) atoms. The molecule has 0 amide bonds.